The number of hydrogen-bond donors (Lipinski definition) is 1. The van der Waals surface area contributed by atoms with Crippen LogP contribution in [0.15, 0.2) is 36.4 Å². The summed E-state index contributed by atoms with van der Waals surface area (Å²) in [6.07, 6.45) is 2.24. The molecule has 1 aromatic rings. The summed E-state index contributed by atoms with van der Waals surface area (Å²) in [7, 11) is 0. The quantitative estimate of drug-likeness (QED) is 0.858. The number of fused-ring (bicyclic) bond motifs is 1. The van der Waals surface area contributed by atoms with Crippen molar-refractivity contribution in [2.24, 2.45) is 17.1 Å². The van der Waals surface area contributed by atoms with Gasteiger partial charge >= 0.3 is 0 Å². The van der Waals surface area contributed by atoms with E-state index in [1.165, 1.54) is 0 Å². The lowest BCUT2D eigenvalue weighted by molar-refractivity contribution is -0.136. The summed E-state index contributed by atoms with van der Waals surface area (Å²) >= 11 is 0. The first-order chi connectivity index (χ1) is 11.0. The standard InChI is InChI=1S/C18H22N2O3/c1-13(14-5-3-2-4-6-14)9-16(21)20-10-15-11-23-8-7-18(15,12-20)17(19)22/h2-6,9,15H,7-8,10-12H2,1H3,(H2,19,22)/b13-9+/t15-,18+/m1/s1. The molecule has 2 amide bonds. The minimum Gasteiger partial charge on any atom is -0.381 e. The van der Waals surface area contributed by atoms with Crippen LogP contribution in [0.4, 0.5) is 0 Å². The number of rotatable bonds is 3. The molecule has 2 saturated heterocycles. The Kier molecular flexibility index (Phi) is 4.22. The monoisotopic (exact) mass is 314 g/mol. The van der Waals surface area contributed by atoms with Gasteiger partial charge in [0, 0.05) is 31.7 Å². The normalized spacial score (nSPS) is 27.6. The number of amides is 2. The number of benzene rings is 1. The molecule has 122 valence electrons. The van der Waals surface area contributed by atoms with E-state index in [4.69, 9.17) is 10.5 Å². The fourth-order valence-corrected chi connectivity index (χ4v) is 3.58. The van der Waals surface area contributed by atoms with Gasteiger partial charge in [0.25, 0.3) is 0 Å². The smallest absolute Gasteiger partial charge is 0.246 e. The van der Waals surface area contributed by atoms with Crippen molar-refractivity contribution < 1.29 is 14.3 Å². The number of nitrogens with zero attached hydrogens (tertiary/aromatic N) is 1. The molecule has 0 aliphatic carbocycles. The van der Waals surface area contributed by atoms with Crippen LogP contribution in [0.1, 0.15) is 18.9 Å². The lowest BCUT2D eigenvalue weighted by Gasteiger charge is -2.34. The highest BCUT2D eigenvalue weighted by Gasteiger charge is 2.53. The summed E-state index contributed by atoms with van der Waals surface area (Å²) in [6, 6.07) is 9.78. The van der Waals surface area contributed by atoms with Crippen LogP contribution in [-0.2, 0) is 14.3 Å². The summed E-state index contributed by atoms with van der Waals surface area (Å²) in [5.41, 5.74) is 6.96. The van der Waals surface area contributed by atoms with Gasteiger partial charge in [-0.1, -0.05) is 30.3 Å². The Hall–Kier alpha value is -2.14. The van der Waals surface area contributed by atoms with Crippen molar-refractivity contribution >= 4 is 17.4 Å². The molecule has 2 N–H and O–H groups in total. The highest BCUT2D eigenvalue weighted by molar-refractivity contribution is 5.96. The number of hydrogen-bond acceptors (Lipinski definition) is 3. The topological polar surface area (TPSA) is 72.6 Å². The van der Waals surface area contributed by atoms with E-state index in [9.17, 15) is 9.59 Å². The van der Waals surface area contributed by atoms with Crippen LogP contribution < -0.4 is 5.73 Å². The molecule has 5 nitrogen and oxygen atoms in total. The van der Waals surface area contributed by atoms with Crippen molar-refractivity contribution in [2.45, 2.75) is 13.3 Å². The van der Waals surface area contributed by atoms with Crippen LogP contribution in [0.25, 0.3) is 5.57 Å². The molecule has 0 bridgehead atoms. The molecule has 0 saturated carbocycles. The van der Waals surface area contributed by atoms with E-state index in [0.29, 0.717) is 32.7 Å². The van der Waals surface area contributed by atoms with E-state index in [-0.39, 0.29) is 17.7 Å². The molecule has 23 heavy (non-hydrogen) atoms. The van der Waals surface area contributed by atoms with Crippen molar-refractivity contribution in [1.29, 1.82) is 0 Å². The molecule has 5 heteroatoms. The number of ether oxygens (including phenoxy) is 1. The van der Waals surface area contributed by atoms with Crippen molar-refractivity contribution in [3.8, 4) is 0 Å². The zero-order valence-corrected chi connectivity index (χ0v) is 13.3. The largest absolute Gasteiger partial charge is 0.381 e. The number of allylic oxidation sites excluding steroid dienone is 1. The lowest BCUT2D eigenvalue weighted by atomic mass is 9.74. The second-order valence-corrected chi connectivity index (χ2v) is 6.45. The molecule has 2 aliphatic heterocycles. The first-order valence-electron chi connectivity index (χ1n) is 7.93. The van der Waals surface area contributed by atoms with E-state index in [0.717, 1.165) is 11.1 Å². The summed E-state index contributed by atoms with van der Waals surface area (Å²) in [6.45, 7) is 3.87. The molecule has 3 rings (SSSR count). The van der Waals surface area contributed by atoms with Gasteiger partial charge in [-0.05, 0) is 24.5 Å². The van der Waals surface area contributed by atoms with E-state index < -0.39 is 5.41 Å². The maximum Gasteiger partial charge on any atom is 0.246 e. The Morgan fingerprint density at radius 2 is 2.09 bits per heavy atom. The molecule has 2 heterocycles. The minimum atomic E-state index is -0.623. The zero-order valence-electron chi connectivity index (χ0n) is 13.3. The molecule has 2 atom stereocenters. The van der Waals surface area contributed by atoms with Crippen LogP contribution in [0.5, 0.6) is 0 Å². The number of likely N-dealkylation sites (tertiary alicyclic amines) is 1. The SMILES string of the molecule is C/C(=C\C(=O)N1C[C@@H]2COCC[C@]2(C(N)=O)C1)c1ccccc1. The predicted molar refractivity (Wildman–Crippen MR) is 87.2 cm³/mol. The molecule has 0 spiro atoms. The molecule has 0 radical (unpaired) electrons. The van der Waals surface area contributed by atoms with Gasteiger partial charge in [0.05, 0.1) is 12.0 Å². The Labute approximate surface area is 136 Å². The number of carbonyl (C=O) groups excluding carboxylic acids is 2. The van der Waals surface area contributed by atoms with Crippen LogP contribution in [0.3, 0.4) is 0 Å². The van der Waals surface area contributed by atoms with E-state index >= 15 is 0 Å². The molecule has 0 aromatic heterocycles. The van der Waals surface area contributed by atoms with Crippen molar-refractivity contribution in [2.75, 3.05) is 26.3 Å². The highest BCUT2D eigenvalue weighted by atomic mass is 16.5. The van der Waals surface area contributed by atoms with Crippen LogP contribution in [-0.4, -0.2) is 43.0 Å². The maximum atomic E-state index is 12.6. The van der Waals surface area contributed by atoms with Gasteiger partial charge in [0.15, 0.2) is 0 Å². The molecule has 2 aliphatic rings. The second kappa shape index (κ2) is 6.16. The number of carbonyl (C=O) groups is 2. The zero-order chi connectivity index (χ0) is 16.4. The van der Waals surface area contributed by atoms with Gasteiger partial charge in [0.1, 0.15) is 0 Å². The van der Waals surface area contributed by atoms with Gasteiger partial charge in [-0.15, -0.1) is 0 Å². The van der Waals surface area contributed by atoms with E-state index in [1.54, 1.807) is 11.0 Å². The average molecular weight is 314 g/mol. The van der Waals surface area contributed by atoms with Crippen molar-refractivity contribution in [3.63, 3.8) is 0 Å². The van der Waals surface area contributed by atoms with Gasteiger partial charge in [-0.25, -0.2) is 0 Å². The van der Waals surface area contributed by atoms with Crippen LogP contribution in [0.2, 0.25) is 0 Å². The summed E-state index contributed by atoms with van der Waals surface area (Å²) in [4.78, 5) is 26.3. The first-order valence-corrected chi connectivity index (χ1v) is 7.93. The molecule has 2 fully saturated rings. The molecule has 1 aromatic carbocycles. The average Bonchev–Trinajstić information content (AvgIpc) is 2.97. The Morgan fingerprint density at radius 1 is 1.35 bits per heavy atom. The Balaban J connectivity index is 1.78. The fraction of sp³-hybridized carbons (Fsp3) is 0.444. The molecule has 0 unspecified atom stereocenters. The number of primary amides is 1. The van der Waals surface area contributed by atoms with Gasteiger partial charge in [0.2, 0.25) is 11.8 Å². The highest BCUT2D eigenvalue weighted by Crippen LogP contribution is 2.42. The third-order valence-corrected chi connectivity index (χ3v) is 5.08. The summed E-state index contributed by atoms with van der Waals surface area (Å²) in [5, 5.41) is 0. The lowest BCUT2D eigenvalue weighted by Crippen LogP contribution is -2.48. The molecular formula is C18H22N2O3. The summed E-state index contributed by atoms with van der Waals surface area (Å²) in [5.74, 6) is -0.380. The van der Waals surface area contributed by atoms with Crippen LogP contribution >= 0.6 is 0 Å². The first kappa shape index (κ1) is 15.7. The van der Waals surface area contributed by atoms with E-state index in [1.807, 2.05) is 37.3 Å². The van der Waals surface area contributed by atoms with Crippen molar-refractivity contribution in [3.05, 3.63) is 42.0 Å². The Morgan fingerprint density at radius 3 is 2.74 bits per heavy atom. The maximum absolute atomic E-state index is 12.6. The molecular weight excluding hydrogens is 292 g/mol. The van der Waals surface area contributed by atoms with Gasteiger partial charge in [-0.2, -0.15) is 0 Å². The predicted octanol–water partition coefficient (Wildman–Crippen LogP) is 1.44. The fourth-order valence-electron chi connectivity index (χ4n) is 3.58. The third-order valence-electron chi connectivity index (χ3n) is 5.08. The Bertz CT molecular complexity index is 641. The third kappa shape index (κ3) is 2.88. The van der Waals surface area contributed by atoms with Gasteiger partial charge in [-0.3, -0.25) is 9.59 Å². The minimum absolute atomic E-state index is 0.00290. The number of nitrogens with two attached hydrogens (primary N) is 1. The van der Waals surface area contributed by atoms with Gasteiger partial charge < -0.3 is 15.4 Å². The van der Waals surface area contributed by atoms with Crippen molar-refractivity contribution in [1.82, 2.24) is 4.90 Å². The van der Waals surface area contributed by atoms with E-state index in [2.05, 4.69) is 0 Å². The van der Waals surface area contributed by atoms with Crippen LogP contribution in [0, 0.1) is 11.3 Å². The second-order valence-electron chi connectivity index (χ2n) is 6.45. The summed E-state index contributed by atoms with van der Waals surface area (Å²) < 4.78 is 5.48.